The summed E-state index contributed by atoms with van der Waals surface area (Å²) in [6.45, 7) is 5.23. The summed E-state index contributed by atoms with van der Waals surface area (Å²) in [4.78, 5) is 19.8. The first-order chi connectivity index (χ1) is 7.61. The maximum atomic E-state index is 11.4. The fourth-order valence-electron chi connectivity index (χ4n) is 1.58. The number of nitrogens with zero attached hydrogens (tertiary/aromatic N) is 2. The Morgan fingerprint density at radius 3 is 2.94 bits per heavy atom. The van der Waals surface area contributed by atoms with E-state index in [2.05, 4.69) is 9.97 Å². The van der Waals surface area contributed by atoms with Crippen molar-refractivity contribution in [3.05, 3.63) is 21.7 Å². The Kier molecular flexibility index (Phi) is 4.76. The summed E-state index contributed by atoms with van der Waals surface area (Å²) in [5, 5.41) is 0.118. The number of aromatic nitrogens is 2. The second-order valence-corrected chi connectivity index (χ2v) is 3.84. The van der Waals surface area contributed by atoms with Gasteiger partial charge in [0.15, 0.2) is 5.82 Å². The standard InChI is InChI=1S/C10H16ClN3O2/c1-4-14(7(2)5-16-3)9-8(11)10(15)13-6-12-9/h6-7H,4-5H2,1-3H3,(H,12,13,15). The lowest BCUT2D eigenvalue weighted by Crippen LogP contribution is -2.37. The van der Waals surface area contributed by atoms with Gasteiger partial charge in [0.05, 0.1) is 19.0 Å². The Morgan fingerprint density at radius 1 is 1.69 bits per heavy atom. The van der Waals surface area contributed by atoms with E-state index >= 15 is 0 Å². The summed E-state index contributed by atoms with van der Waals surface area (Å²) < 4.78 is 5.08. The molecule has 1 rings (SSSR count). The lowest BCUT2D eigenvalue weighted by molar-refractivity contribution is 0.181. The minimum absolute atomic E-state index is 0.113. The largest absolute Gasteiger partial charge is 0.383 e. The van der Waals surface area contributed by atoms with E-state index in [0.29, 0.717) is 19.0 Å². The molecule has 5 nitrogen and oxygen atoms in total. The van der Waals surface area contributed by atoms with Gasteiger partial charge in [0.2, 0.25) is 0 Å². The fourth-order valence-corrected chi connectivity index (χ4v) is 1.79. The molecule has 1 aromatic heterocycles. The smallest absolute Gasteiger partial charge is 0.271 e. The molecule has 0 aliphatic carbocycles. The van der Waals surface area contributed by atoms with Crippen molar-refractivity contribution in [3.63, 3.8) is 0 Å². The predicted octanol–water partition coefficient (Wildman–Crippen LogP) is 1.28. The number of H-pyrrole nitrogens is 1. The van der Waals surface area contributed by atoms with Gasteiger partial charge in [0.1, 0.15) is 5.02 Å². The molecule has 6 heteroatoms. The highest BCUT2D eigenvalue weighted by Crippen LogP contribution is 2.20. The zero-order valence-corrected chi connectivity index (χ0v) is 10.4. The van der Waals surface area contributed by atoms with Crippen LogP contribution in [0, 0.1) is 0 Å². The minimum atomic E-state index is -0.324. The molecular weight excluding hydrogens is 230 g/mol. The summed E-state index contributed by atoms with van der Waals surface area (Å²) in [5.74, 6) is 0.498. The third kappa shape index (κ3) is 2.74. The molecule has 0 spiro atoms. The van der Waals surface area contributed by atoms with Gasteiger partial charge in [-0.2, -0.15) is 0 Å². The molecule has 0 aliphatic rings. The molecular formula is C10H16ClN3O2. The molecule has 0 aromatic carbocycles. The summed E-state index contributed by atoms with van der Waals surface area (Å²) in [6, 6.07) is 0.113. The number of hydrogen-bond donors (Lipinski definition) is 1. The average molecular weight is 246 g/mol. The molecule has 90 valence electrons. The third-order valence-electron chi connectivity index (χ3n) is 2.33. The Labute approximate surface area is 99.4 Å². The molecule has 1 aromatic rings. The molecule has 0 fully saturated rings. The highest BCUT2D eigenvalue weighted by molar-refractivity contribution is 6.32. The molecule has 0 amide bonds. The van der Waals surface area contributed by atoms with Crippen molar-refractivity contribution in [2.75, 3.05) is 25.2 Å². The second-order valence-electron chi connectivity index (χ2n) is 3.46. The van der Waals surface area contributed by atoms with Crippen LogP contribution in [0.5, 0.6) is 0 Å². The monoisotopic (exact) mass is 245 g/mol. The first-order valence-electron chi connectivity index (χ1n) is 5.10. The van der Waals surface area contributed by atoms with Gasteiger partial charge in [0, 0.05) is 13.7 Å². The number of anilines is 1. The zero-order valence-electron chi connectivity index (χ0n) is 9.66. The van der Waals surface area contributed by atoms with Crippen LogP contribution in [-0.2, 0) is 4.74 Å². The van der Waals surface area contributed by atoms with Crippen molar-refractivity contribution in [1.82, 2.24) is 9.97 Å². The quantitative estimate of drug-likeness (QED) is 0.849. The van der Waals surface area contributed by atoms with Gasteiger partial charge in [-0.3, -0.25) is 4.79 Å². The molecule has 0 aliphatic heterocycles. The lowest BCUT2D eigenvalue weighted by Gasteiger charge is -2.28. The molecule has 0 bridgehead atoms. The van der Waals surface area contributed by atoms with Crippen molar-refractivity contribution in [2.45, 2.75) is 19.9 Å². The van der Waals surface area contributed by atoms with Crippen molar-refractivity contribution in [3.8, 4) is 0 Å². The van der Waals surface area contributed by atoms with Crippen LogP contribution in [0.25, 0.3) is 0 Å². The van der Waals surface area contributed by atoms with Gasteiger partial charge in [-0.25, -0.2) is 4.98 Å². The second kappa shape index (κ2) is 5.86. The molecule has 1 atom stereocenters. The van der Waals surface area contributed by atoms with Crippen LogP contribution in [-0.4, -0.2) is 36.3 Å². The first-order valence-corrected chi connectivity index (χ1v) is 5.48. The van der Waals surface area contributed by atoms with E-state index in [1.807, 2.05) is 18.7 Å². The van der Waals surface area contributed by atoms with Gasteiger partial charge in [-0.1, -0.05) is 11.6 Å². The van der Waals surface area contributed by atoms with Crippen molar-refractivity contribution < 1.29 is 4.74 Å². The molecule has 16 heavy (non-hydrogen) atoms. The number of rotatable bonds is 5. The van der Waals surface area contributed by atoms with Crippen LogP contribution in [0.15, 0.2) is 11.1 Å². The van der Waals surface area contributed by atoms with Crippen LogP contribution in [0.1, 0.15) is 13.8 Å². The number of methoxy groups -OCH3 is 1. The summed E-state index contributed by atoms with van der Waals surface area (Å²) >= 11 is 5.92. The van der Waals surface area contributed by atoms with E-state index in [9.17, 15) is 4.79 Å². The van der Waals surface area contributed by atoms with E-state index in [1.54, 1.807) is 7.11 Å². The van der Waals surface area contributed by atoms with Gasteiger partial charge >= 0.3 is 0 Å². The van der Waals surface area contributed by atoms with Gasteiger partial charge in [-0.05, 0) is 13.8 Å². The van der Waals surface area contributed by atoms with E-state index in [0.717, 1.165) is 0 Å². The number of halogens is 1. The molecule has 1 unspecified atom stereocenters. The van der Waals surface area contributed by atoms with Gasteiger partial charge < -0.3 is 14.6 Å². The number of likely N-dealkylation sites (N-methyl/N-ethyl adjacent to an activating group) is 1. The lowest BCUT2D eigenvalue weighted by atomic mass is 10.3. The summed E-state index contributed by atoms with van der Waals surface area (Å²) in [6.07, 6.45) is 1.35. The number of nitrogens with one attached hydrogen (secondary N) is 1. The summed E-state index contributed by atoms with van der Waals surface area (Å²) in [5.41, 5.74) is -0.324. The number of hydrogen-bond acceptors (Lipinski definition) is 4. The molecule has 1 N–H and O–H groups in total. The Hall–Kier alpha value is -1.07. The van der Waals surface area contributed by atoms with Crippen LogP contribution in [0.2, 0.25) is 5.02 Å². The Balaban J connectivity index is 3.04. The van der Waals surface area contributed by atoms with E-state index in [1.165, 1.54) is 6.33 Å². The van der Waals surface area contributed by atoms with Crippen molar-refractivity contribution >= 4 is 17.4 Å². The average Bonchev–Trinajstić information content (AvgIpc) is 2.25. The van der Waals surface area contributed by atoms with Crippen LogP contribution < -0.4 is 10.5 Å². The summed E-state index contributed by atoms with van der Waals surface area (Å²) in [7, 11) is 1.64. The molecule has 1 heterocycles. The fraction of sp³-hybridized carbons (Fsp3) is 0.600. The highest BCUT2D eigenvalue weighted by atomic mass is 35.5. The minimum Gasteiger partial charge on any atom is -0.383 e. The van der Waals surface area contributed by atoms with E-state index in [4.69, 9.17) is 16.3 Å². The topological polar surface area (TPSA) is 58.2 Å². The van der Waals surface area contributed by atoms with Crippen LogP contribution >= 0.6 is 11.6 Å². The Morgan fingerprint density at radius 2 is 2.38 bits per heavy atom. The molecule has 0 radical (unpaired) electrons. The first kappa shape index (κ1) is 13.0. The Bertz CT molecular complexity index is 394. The van der Waals surface area contributed by atoms with Crippen molar-refractivity contribution in [1.29, 1.82) is 0 Å². The number of aromatic amines is 1. The highest BCUT2D eigenvalue weighted by Gasteiger charge is 2.18. The molecule has 0 saturated heterocycles. The van der Waals surface area contributed by atoms with E-state index in [-0.39, 0.29) is 16.6 Å². The normalized spacial score (nSPS) is 12.5. The maximum absolute atomic E-state index is 11.4. The molecule has 0 saturated carbocycles. The SMILES string of the molecule is CCN(c1nc[nH]c(=O)c1Cl)C(C)COC. The van der Waals surface area contributed by atoms with Gasteiger partial charge in [-0.15, -0.1) is 0 Å². The van der Waals surface area contributed by atoms with Crippen molar-refractivity contribution in [2.24, 2.45) is 0 Å². The predicted molar refractivity (Wildman–Crippen MR) is 64.2 cm³/mol. The van der Waals surface area contributed by atoms with Crippen LogP contribution in [0.4, 0.5) is 5.82 Å². The van der Waals surface area contributed by atoms with Crippen LogP contribution in [0.3, 0.4) is 0 Å². The van der Waals surface area contributed by atoms with Gasteiger partial charge in [0.25, 0.3) is 5.56 Å². The third-order valence-corrected chi connectivity index (χ3v) is 2.67. The number of ether oxygens (including phenoxy) is 1. The zero-order chi connectivity index (χ0) is 12.1. The van der Waals surface area contributed by atoms with E-state index < -0.39 is 0 Å². The maximum Gasteiger partial charge on any atom is 0.271 e.